The maximum absolute atomic E-state index is 12.6. The monoisotopic (exact) mass is 356 g/mol. The van der Waals surface area contributed by atoms with E-state index in [0.717, 1.165) is 30.9 Å². The van der Waals surface area contributed by atoms with Crippen LogP contribution in [0.3, 0.4) is 0 Å². The fourth-order valence-corrected chi connectivity index (χ4v) is 4.39. The highest BCUT2D eigenvalue weighted by Gasteiger charge is 2.54. The number of nitrogens with one attached hydrogen (secondary N) is 1. The number of hydrogen-bond acceptors (Lipinski definition) is 4. The lowest BCUT2D eigenvalue weighted by Crippen LogP contribution is -2.52. The standard InChI is InChI=1S/C20H24N2O4/c1-3-19(2)17(23)22(18(24)21-19)12-9-13(10-12)26-15-6-4-5-14-16(15)20(7-8-20)11-25-14/h4-6,12-13H,3,7-11H2,1-2H3,(H,21,24)/t12?,13?,19-/m1/s1. The summed E-state index contributed by atoms with van der Waals surface area (Å²) in [5, 5.41) is 2.83. The van der Waals surface area contributed by atoms with Crippen LogP contribution < -0.4 is 14.8 Å². The molecule has 2 saturated carbocycles. The Bertz CT molecular complexity index is 797. The van der Waals surface area contributed by atoms with E-state index in [9.17, 15) is 9.59 Å². The van der Waals surface area contributed by atoms with Crippen LogP contribution in [0.2, 0.25) is 0 Å². The minimum Gasteiger partial charge on any atom is -0.492 e. The van der Waals surface area contributed by atoms with Gasteiger partial charge in [0.15, 0.2) is 0 Å². The Morgan fingerprint density at radius 3 is 2.73 bits per heavy atom. The minimum atomic E-state index is -0.765. The summed E-state index contributed by atoms with van der Waals surface area (Å²) in [4.78, 5) is 26.2. The van der Waals surface area contributed by atoms with Crippen LogP contribution in [0.5, 0.6) is 11.5 Å². The number of urea groups is 1. The first-order valence-corrected chi connectivity index (χ1v) is 9.54. The molecular formula is C20H24N2O4. The molecule has 138 valence electrons. The van der Waals surface area contributed by atoms with Gasteiger partial charge in [-0.25, -0.2) is 4.79 Å². The van der Waals surface area contributed by atoms with Crippen molar-refractivity contribution in [2.45, 2.75) is 69.1 Å². The molecule has 0 bridgehead atoms. The minimum absolute atomic E-state index is 0.0389. The summed E-state index contributed by atoms with van der Waals surface area (Å²) in [7, 11) is 0. The van der Waals surface area contributed by atoms with E-state index >= 15 is 0 Å². The molecule has 2 aliphatic carbocycles. The van der Waals surface area contributed by atoms with E-state index in [-0.39, 0.29) is 29.5 Å². The molecule has 2 heterocycles. The van der Waals surface area contributed by atoms with Gasteiger partial charge in [0.2, 0.25) is 0 Å². The molecule has 3 amide bonds. The Balaban J connectivity index is 1.28. The topological polar surface area (TPSA) is 67.9 Å². The zero-order chi connectivity index (χ0) is 18.1. The quantitative estimate of drug-likeness (QED) is 0.843. The van der Waals surface area contributed by atoms with Crippen molar-refractivity contribution in [3.05, 3.63) is 23.8 Å². The SMILES string of the molecule is CC[C@@]1(C)NC(=O)N(C2CC(Oc3cccc4c3C3(CC3)CO4)C2)C1=O. The third-order valence-electron chi connectivity index (χ3n) is 6.60. The summed E-state index contributed by atoms with van der Waals surface area (Å²) in [6, 6.07) is 5.66. The third-order valence-corrected chi connectivity index (χ3v) is 6.60. The molecule has 1 atom stereocenters. The van der Waals surface area contributed by atoms with Gasteiger partial charge in [-0.05, 0) is 38.3 Å². The zero-order valence-electron chi connectivity index (χ0n) is 15.2. The van der Waals surface area contributed by atoms with Gasteiger partial charge in [0.25, 0.3) is 5.91 Å². The Hall–Kier alpha value is -2.24. The van der Waals surface area contributed by atoms with Gasteiger partial charge >= 0.3 is 6.03 Å². The number of ether oxygens (including phenoxy) is 2. The predicted molar refractivity (Wildman–Crippen MR) is 94.4 cm³/mol. The normalized spacial score (nSPS) is 33.5. The van der Waals surface area contributed by atoms with Crippen LogP contribution in [0.25, 0.3) is 0 Å². The number of imide groups is 1. The molecule has 2 aliphatic heterocycles. The third kappa shape index (κ3) is 2.10. The molecule has 0 unspecified atom stereocenters. The van der Waals surface area contributed by atoms with E-state index in [0.29, 0.717) is 19.3 Å². The smallest absolute Gasteiger partial charge is 0.325 e. The molecule has 6 heteroatoms. The maximum atomic E-state index is 12.6. The van der Waals surface area contributed by atoms with Crippen molar-refractivity contribution in [2.75, 3.05) is 6.61 Å². The maximum Gasteiger partial charge on any atom is 0.325 e. The molecule has 6 nitrogen and oxygen atoms in total. The number of benzene rings is 1. The summed E-state index contributed by atoms with van der Waals surface area (Å²) in [6.07, 6.45) is 4.33. The Labute approximate surface area is 152 Å². The van der Waals surface area contributed by atoms with E-state index in [1.165, 1.54) is 10.5 Å². The number of fused-ring (bicyclic) bond motifs is 2. The largest absolute Gasteiger partial charge is 0.492 e. The van der Waals surface area contributed by atoms with Crippen molar-refractivity contribution < 1.29 is 19.1 Å². The first kappa shape index (κ1) is 16.0. The van der Waals surface area contributed by atoms with Gasteiger partial charge in [-0.3, -0.25) is 9.69 Å². The van der Waals surface area contributed by atoms with Gasteiger partial charge < -0.3 is 14.8 Å². The molecule has 1 aromatic rings. The van der Waals surface area contributed by atoms with E-state index in [4.69, 9.17) is 9.47 Å². The van der Waals surface area contributed by atoms with Gasteiger partial charge in [0, 0.05) is 29.9 Å². The van der Waals surface area contributed by atoms with Crippen LogP contribution in [-0.2, 0) is 10.2 Å². The second-order valence-electron chi connectivity index (χ2n) is 8.35. The van der Waals surface area contributed by atoms with E-state index in [1.807, 2.05) is 25.1 Å². The van der Waals surface area contributed by atoms with Crippen molar-refractivity contribution in [3.63, 3.8) is 0 Å². The van der Waals surface area contributed by atoms with Crippen LogP contribution in [0.1, 0.15) is 51.5 Å². The van der Waals surface area contributed by atoms with Crippen molar-refractivity contribution >= 4 is 11.9 Å². The molecule has 0 radical (unpaired) electrons. The van der Waals surface area contributed by atoms with Gasteiger partial charge in [-0.15, -0.1) is 0 Å². The predicted octanol–water partition coefficient (Wildman–Crippen LogP) is 2.74. The van der Waals surface area contributed by atoms with Crippen molar-refractivity contribution in [3.8, 4) is 11.5 Å². The van der Waals surface area contributed by atoms with Gasteiger partial charge in [-0.1, -0.05) is 13.0 Å². The highest BCUT2D eigenvalue weighted by Crippen LogP contribution is 2.58. The lowest BCUT2D eigenvalue weighted by Gasteiger charge is -2.40. The average molecular weight is 356 g/mol. The number of hydrogen-bond donors (Lipinski definition) is 1. The lowest BCUT2D eigenvalue weighted by molar-refractivity contribution is -0.135. The fourth-order valence-electron chi connectivity index (χ4n) is 4.39. The Morgan fingerprint density at radius 1 is 1.31 bits per heavy atom. The average Bonchev–Trinajstić information content (AvgIpc) is 3.22. The van der Waals surface area contributed by atoms with Crippen LogP contribution in [0.15, 0.2) is 18.2 Å². The van der Waals surface area contributed by atoms with Crippen molar-refractivity contribution in [1.29, 1.82) is 0 Å². The number of carbonyl (C=O) groups excluding carboxylic acids is 2. The van der Waals surface area contributed by atoms with Crippen LogP contribution >= 0.6 is 0 Å². The summed E-state index contributed by atoms with van der Waals surface area (Å²) in [5.74, 6) is 1.75. The van der Waals surface area contributed by atoms with Gasteiger partial charge in [-0.2, -0.15) is 0 Å². The molecular weight excluding hydrogens is 332 g/mol. The molecule has 1 spiro atoms. The molecule has 4 aliphatic rings. The van der Waals surface area contributed by atoms with E-state index in [1.54, 1.807) is 6.92 Å². The highest BCUT2D eigenvalue weighted by atomic mass is 16.5. The number of amides is 3. The molecule has 5 rings (SSSR count). The second kappa shape index (κ2) is 5.15. The fraction of sp³-hybridized carbons (Fsp3) is 0.600. The van der Waals surface area contributed by atoms with E-state index < -0.39 is 5.54 Å². The summed E-state index contributed by atoms with van der Waals surface area (Å²) >= 11 is 0. The molecule has 1 aromatic carbocycles. The zero-order valence-corrected chi connectivity index (χ0v) is 15.2. The summed E-state index contributed by atoms with van der Waals surface area (Å²) < 4.78 is 12.1. The molecule has 1 saturated heterocycles. The molecule has 1 N–H and O–H groups in total. The Morgan fingerprint density at radius 2 is 2.08 bits per heavy atom. The van der Waals surface area contributed by atoms with Gasteiger partial charge in [0.1, 0.15) is 23.1 Å². The summed E-state index contributed by atoms with van der Waals surface area (Å²) in [5.41, 5.74) is 0.624. The lowest BCUT2D eigenvalue weighted by atomic mass is 9.86. The highest BCUT2D eigenvalue weighted by molar-refractivity contribution is 6.07. The molecule has 3 fully saturated rings. The molecule has 26 heavy (non-hydrogen) atoms. The summed E-state index contributed by atoms with van der Waals surface area (Å²) in [6.45, 7) is 4.47. The number of rotatable bonds is 4. The molecule has 0 aromatic heterocycles. The van der Waals surface area contributed by atoms with E-state index in [2.05, 4.69) is 5.32 Å². The number of carbonyl (C=O) groups is 2. The van der Waals surface area contributed by atoms with Crippen molar-refractivity contribution in [1.82, 2.24) is 10.2 Å². The van der Waals surface area contributed by atoms with Crippen LogP contribution in [0, 0.1) is 0 Å². The first-order valence-electron chi connectivity index (χ1n) is 9.54. The van der Waals surface area contributed by atoms with Crippen molar-refractivity contribution in [2.24, 2.45) is 0 Å². The first-order chi connectivity index (χ1) is 12.5. The Kier molecular flexibility index (Phi) is 3.16. The van der Waals surface area contributed by atoms with Crippen LogP contribution in [0.4, 0.5) is 4.79 Å². The van der Waals surface area contributed by atoms with Gasteiger partial charge in [0.05, 0.1) is 6.61 Å². The van der Waals surface area contributed by atoms with Crippen LogP contribution in [-0.4, -0.2) is 41.1 Å². The second-order valence-corrected chi connectivity index (χ2v) is 8.35. The number of nitrogens with zero attached hydrogens (tertiary/aromatic N) is 1.